The van der Waals surface area contributed by atoms with Gasteiger partial charge in [0.25, 0.3) is 0 Å². The first-order valence-corrected chi connectivity index (χ1v) is 35.3. The van der Waals surface area contributed by atoms with Gasteiger partial charge in [0.05, 0.1) is 29.7 Å². The molecule has 7 rings (SSSR count). The second-order valence-corrected chi connectivity index (χ2v) is 29.0. The van der Waals surface area contributed by atoms with Gasteiger partial charge in [-0.2, -0.15) is 13.2 Å². The van der Waals surface area contributed by atoms with E-state index in [0.717, 1.165) is 95.0 Å². The van der Waals surface area contributed by atoms with Gasteiger partial charge in [-0.1, -0.05) is 111 Å². The molecule has 6 aliphatic rings. The zero-order valence-electron chi connectivity index (χ0n) is 57.2. The number of halogens is 4. The number of nitrogens with one attached hydrogen (secondary N) is 6. The molecule has 1 aromatic rings. The number of fused-ring (bicyclic) bond motifs is 2. The molecule has 6 N–H and O–H groups in total. The zero-order chi connectivity index (χ0) is 64.4. The Morgan fingerprint density at radius 1 is 0.854 bits per heavy atom. The fourth-order valence-corrected chi connectivity index (χ4v) is 15.9. The van der Waals surface area contributed by atoms with Gasteiger partial charge in [0, 0.05) is 168 Å². The first kappa shape index (κ1) is 72.7. The highest BCUT2D eigenvalue weighted by Gasteiger charge is 2.55. The van der Waals surface area contributed by atoms with Gasteiger partial charge in [0.15, 0.2) is 0 Å². The average molecular weight is 1270 g/mol. The molecule has 1 amide bonds. The second kappa shape index (κ2) is 35.0. The van der Waals surface area contributed by atoms with Crippen molar-refractivity contribution >= 4 is 23.2 Å². The summed E-state index contributed by atoms with van der Waals surface area (Å²) in [6.45, 7) is 33.4. The minimum absolute atomic E-state index is 0.0469. The highest BCUT2D eigenvalue weighted by molar-refractivity contribution is 6.31. The third-order valence-corrected chi connectivity index (χ3v) is 21.4. The van der Waals surface area contributed by atoms with Gasteiger partial charge in [-0.25, -0.2) is 0 Å². The van der Waals surface area contributed by atoms with Crippen molar-refractivity contribution in [1.29, 1.82) is 0 Å². The molecule has 4 aliphatic heterocycles. The number of rotatable bonds is 11. The molecular weight excluding hydrogens is 1150 g/mol. The van der Waals surface area contributed by atoms with Crippen molar-refractivity contribution in [2.45, 2.75) is 245 Å². The number of allylic oxidation sites excluding steroid dienone is 3. The number of hydrogen-bond acceptors (Lipinski definition) is 13. The highest BCUT2D eigenvalue weighted by atomic mass is 35.5. The van der Waals surface area contributed by atoms with Gasteiger partial charge in [-0.15, -0.1) is 0 Å². The van der Waals surface area contributed by atoms with Gasteiger partial charge in [0.1, 0.15) is 0 Å². The van der Waals surface area contributed by atoms with E-state index in [4.69, 9.17) is 21.3 Å². The molecule has 1 aromatic carbocycles. The van der Waals surface area contributed by atoms with Crippen molar-refractivity contribution in [2.75, 3.05) is 79.7 Å². The number of aliphatic imine (C=N–C) groups is 1. The molecule has 5 unspecified atom stereocenters. The Labute approximate surface area is 541 Å². The van der Waals surface area contributed by atoms with Crippen molar-refractivity contribution in [1.82, 2.24) is 56.4 Å². The molecule has 0 aromatic heterocycles. The van der Waals surface area contributed by atoms with Crippen molar-refractivity contribution in [2.24, 2.45) is 34.6 Å². The first-order valence-electron chi connectivity index (χ1n) is 35.0. The monoisotopic (exact) mass is 1260 g/mol. The van der Waals surface area contributed by atoms with Crippen LogP contribution >= 0.6 is 11.6 Å². The lowest BCUT2D eigenvalue weighted by Crippen LogP contribution is -2.76. The predicted molar refractivity (Wildman–Crippen MR) is 363 cm³/mol. The largest absolute Gasteiger partial charge is 0.417 e. The molecule has 2 aliphatic carbocycles. The number of carbonyl (C=O) groups excluding carboxylic acids is 1. The summed E-state index contributed by atoms with van der Waals surface area (Å²) in [5, 5.41) is 23.8. The normalized spacial score (nSPS) is 30.1. The Bertz CT molecular complexity index is 2470. The summed E-state index contributed by atoms with van der Waals surface area (Å²) in [5.74, 6) is 2.11. The summed E-state index contributed by atoms with van der Waals surface area (Å²) >= 11 is 6.20. The lowest BCUT2D eigenvalue weighted by Gasteiger charge is -2.60. The third-order valence-electron chi connectivity index (χ3n) is 21.1. The number of aryl methyl sites for hydroxylation is 1. The van der Waals surface area contributed by atoms with Crippen LogP contribution in [0, 0.1) is 29.6 Å². The quantitative estimate of drug-likeness (QED) is 0.126. The van der Waals surface area contributed by atoms with E-state index in [9.17, 15) is 18.0 Å². The maximum Gasteiger partial charge on any atom is 0.417 e. The number of nitrogens with zero attached hydrogens (tertiary/aromatic N) is 6. The van der Waals surface area contributed by atoms with E-state index in [1.54, 1.807) is 0 Å². The molecule has 504 valence electrons. The van der Waals surface area contributed by atoms with Crippen LogP contribution in [0.1, 0.15) is 184 Å². The number of carbonyl (C=O) groups is 1. The van der Waals surface area contributed by atoms with Crippen molar-refractivity contribution in [3.63, 3.8) is 0 Å². The number of alkyl halides is 3. The molecule has 11 atom stereocenters. The Morgan fingerprint density at radius 3 is 2.26 bits per heavy atom. The summed E-state index contributed by atoms with van der Waals surface area (Å²) in [5.41, 5.74) is 3.28. The molecule has 3 saturated heterocycles. The smallest absolute Gasteiger partial charge is 0.390 e. The fraction of sp³-hybridized carbons (Fsp3) is 0.775. The highest BCUT2D eigenvalue weighted by Crippen LogP contribution is 2.41. The predicted octanol–water partition coefficient (Wildman–Crippen LogP) is 12.1. The lowest BCUT2D eigenvalue weighted by atomic mass is 9.74. The average Bonchev–Trinajstić information content (AvgIpc) is 1.38. The summed E-state index contributed by atoms with van der Waals surface area (Å²) in [6.07, 6.45) is 25.1. The van der Waals surface area contributed by atoms with Crippen LogP contribution in [0.4, 0.5) is 13.2 Å². The van der Waals surface area contributed by atoms with Crippen molar-refractivity contribution < 1.29 is 22.7 Å². The van der Waals surface area contributed by atoms with Crippen LogP contribution < -0.4 is 31.9 Å². The van der Waals surface area contributed by atoms with Gasteiger partial charge in [-0.05, 0) is 140 Å². The maximum atomic E-state index is 14.8. The maximum absolute atomic E-state index is 14.8. The Hall–Kier alpha value is -3.68. The van der Waals surface area contributed by atoms with Crippen LogP contribution in [-0.2, 0) is 22.1 Å². The summed E-state index contributed by atoms with van der Waals surface area (Å²) in [6, 6.07) is 5.75. The molecular formula is C71H120ClF3N12O2. The SMILES string of the molecule is CC[C@H](C)[C@H]1CN[C@@H](CC(C)C)C(C)NCC2[C@@H](C(=O)N3CCOCC3)C(C)N2[C@@H](C(C)C)C(C)NC2(CCCC2)CNCCNC=CC(CCc2ccc(C(F)(F)F)c(Cl)c2)=NC=CN(C)C=C(CC2CCCCC2)N(C)C=C2CCCN2[C@@H](C)C(C)N1. The zero-order valence-corrected chi connectivity index (χ0v) is 57.9. The van der Waals surface area contributed by atoms with E-state index in [1.807, 2.05) is 24.7 Å². The van der Waals surface area contributed by atoms with E-state index < -0.39 is 11.7 Å². The van der Waals surface area contributed by atoms with Gasteiger partial charge >= 0.3 is 6.18 Å². The van der Waals surface area contributed by atoms with E-state index in [-0.39, 0.29) is 76.8 Å². The van der Waals surface area contributed by atoms with E-state index in [1.165, 1.54) is 68.5 Å². The van der Waals surface area contributed by atoms with Crippen LogP contribution in [0.2, 0.25) is 5.02 Å². The van der Waals surface area contributed by atoms with Crippen LogP contribution in [-0.4, -0.2) is 176 Å². The topological polar surface area (TPSA) is 127 Å². The van der Waals surface area contributed by atoms with Crippen LogP contribution in [0.5, 0.6) is 0 Å². The third kappa shape index (κ3) is 20.9. The first-order chi connectivity index (χ1) is 42.5. The number of amides is 1. The molecule has 18 heteroatoms. The lowest BCUT2D eigenvalue weighted by molar-refractivity contribution is -0.164. The number of benzene rings is 1. The van der Waals surface area contributed by atoms with E-state index in [2.05, 4.69) is 159 Å². The van der Waals surface area contributed by atoms with Gasteiger partial charge < -0.3 is 56.2 Å². The minimum atomic E-state index is -4.52. The number of morpholine rings is 1. The Balaban J connectivity index is 1.19. The summed E-state index contributed by atoms with van der Waals surface area (Å²) in [7, 11) is 4.29. The second-order valence-electron chi connectivity index (χ2n) is 28.6. The van der Waals surface area contributed by atoms with Crippen molar-refractivity contribution in [3.05, 3.63) is 82.8 Å². The molecule has 0 radical (unpaired) electrons. The van der Waals surface area contributed by atoms with E-state index in [0.29, 0.717) is 69.4 Å². The van der Waals surface area contributed by atoms with Crippen LogP contribution in [0.15, 0.2) is 71.7 Å². The summed E-state index contributed by atoms with van der Waals surface area (Å²) < 4.78 is 46.8. The number of ether oxygens (including phenoxy) is 1. The molecule has 2 saturated carbocycles. The van der Waals surface area contributed by atoms with Gasteiger partial charge in [0.2, 0.25) is 5.91 Å². The molecule has 1 spiro atoms. The Morgan fingerprint density at radius 2 is 1.58 bits per heavy atom. The van der Waals surface area contributed by atoms with E-state index >= 15 is 0 Å². The van der Waals surface area contributed by atoms with Crippen molar-refractivity contribution in [3.8, 4) is 0 Å². The molecule has 89 heavy (non-hydrogen) atoms. The standard InChI is InChI=1S/C71H120ClF3N12O2/c1-14-51(6)65-44-80-64(41-49(2)3)53(8)79-45-66-67(69(88)85-37-39-89-40-38-85)56(11)87(66)68(50(4)5)54(9)82-70(29-18-19-30-70)48-77-33-32-76-31-28-59(26-24-58-25-27-62(63(72)43-58)71(73,74)75)78-34-36-83(12)46-61(42-57-21-16-15-17-22-57)84(13)47-60-23-20-35-86(60)55(10)52(7)81-65/h25,27-28,31,34,36,43,46-47,49-57,64-68,76-77,79-82H,14-24,26,29-30,32-33,35,37-42,44-45,48H2,1-13H3/t51-,52?,53?,54?,55-,56?,64-,65+,66?,67-,68-/m0/s1. The molecule has 14 nitrogen and oxygen atoms in total. The van der Waals surface area contributed by atoms with Gasteiger partial charge in [-0.3, -0.25) is 14.7 Å². The molecule has 5 fully saturated rings. The van der Waals surface area contributed by atoms with Crippen LogP contribution in [0.25, 0.3) is 0 Å². The minimum Gasteiger partial charge on any atom is -0.390 e. The number of hydrogen-bond donors (Lipinski definition) is 6. The Kier molecular flexibility index (Phi) is 28.6. The summed E-state index contributed by atoms with van der Waals surface area (Å²) in [4.78, 5) is 31.7. The fourth-order valence-electron chi connectivity index (χ4n) is 15.6. The molecule has 0 bridgehead atoms. The molecule has 4 heterocycles. The van der Waals surface area contributed by atoms with Crippen LogP contribution in [0.3, 0.4) is 0 Å².